The van der Waals surface area contributed by atoms with Crippen LogP contribution < -0.4 is 0 Å². The molecule has 0 amide bonds. The van der Waals surface area contributed by atoms with Gasteiger partial charge in [0, 0.05) is 6.08 Å². The Balaban J connectivity index is 2.31. The van der Waals surface area contributed by atoms with Crippen LogP contribution in [0.15, 0.2) is 24.3 Å². The van der Waals surface area contributed by atoms with Crippen LogP contribution in [0.2, 0.25) is 0 Å². The van der Waals surface area contributed by atoms with Crippen LogP contribution in [-0.4, -0.2) is 31.3 Å². The third kappa shape index (κ3) is 3.48. The number of nitrogens with zero attached hydrogens (tertiary/aromatic N) is 4. The van der Waals surface area contributed by atoms with Gasteiger partial charge in [-0.1, -0.05) is 23.8 Å². The maximum Gasteiger partial charge on any atom is 0.328 e. The van der Waals surface area contributed by atoms with Crippen molar-refractivity contribution in [3.05, 3.63) is 46.8 Å². The van der Waals surface area contributed by atoms with E-state index in [0.29, 0.717) is 12.4 Å². The van der Waals surface area contributed by atoms with Gasteiger partial charge < -0.3 is 5.11 Å². The lowest BCUT2D eigenvalue weighted by atomic mass is 10.0. The summed E-state index contributed by atoms with van der Waals surface area (Å²) in [5, 5.41) is 20.5. The summed E-state index contributed by atoms with van der Waals surface area (Å²) >= 11 is 0. The second-order valence-corrected chi connectivity index (χ2v) is 4.24. The molecule has 1 aromatic heterocycles. The highest BCUT2D eigenvalue weighted by molar-refractivity contribution is 5.85. The lowest BCUT2D eigenvalue weighted by Crippen LogP contribution is -2.06. The number of tetrazole rings is 1. The molecule has 1 aromatic carbocycles. The number of hydrogen-bond donors (Lipinski definition) is 1. The van der Waals surface area contributed by atoms with E-state index in [2.05, 4.69) is 15.4 Å². The zero-order valence-electron chi connectivity index (χ0n) is 10.7. The molecular weight excluding hydrogens is 244 g/mol. The molecule has 0 atom stereocenters. The van der Waals surface area contributed by atoms with Crippen molar-refractivity contribution in [1.29, 1.82) is 0 Å². The fourth-order valence-electron chi connectivity index (χ4n) is 1.74. The first-order chi connectivity index (χ1) is 9.04. The van der Waals surface area contributed by atoms with Crippen molar-refractivity contribution in [2.24, 2.45) is 0 Å². The number of aromatic nitrogens is 4. The van der Waals surface area contributed by atoms with Crippen LogP contribution in [0.1, 0.15) is 22.5 Å². The first-order valence-electron chi connectivity index (χ1n) is 5.79. The van der Waals surface area contributed by atoms with Gasteiger partial charge in [0.15, 0.2) is 5.82 Å². The Kier molecular flexibility index (Phi) is 3.70. The summed E-state index contributed by atoms with van der Waals surface area (Å²) in [6.07, 6.45) is 2.69. The van der Waals surface area contributed by atoms with Gasteiger partial charge in [-0.05, 0) is 36.3 Å². The van der Waals surface area contributed by atoms with E-state index >= 15 is 0 Å². The van der Waals surface area contributed by atoms with Gasteiger partial charge in [0.1, 0.15) is 0 Å². The maximum absolute atomic E-state index is 10.6. The van der Waals surface area contributed by atoms with Crippen molar-refractivity contribution in [2.45, 2.75) is 20.4 Å². The summed E-state index contributed by atoms with van der Waals surface area (Å²) in [5.74, 6) is -0.364. The number of aryl methyl sites for hydroxylation is 2. The molecule has 1 N–H and O–H groups in total. The highest BCUT2D eigenvalue weighted by Crippen LogP contribution is 2.14. The predicted molar refractivity (Wildman–Crippen MR) is 69.5 cm³/mol. The van der Waals surface area contributed by atoms with Gasteiger partial charge in [-0.3, -0.25) is 0 Å². The zero-order chi connectivity index (χ0) is 13.8. The van der Waals surface area contributed by atoms with Gasteiger partial charge in [0.2, 0.25) is 0 Å². The molecule has 2 aromatic rings. The Morgan fingerprint density at radius 2 is 2.21 bits per heavy atom. The number of aliphatic carboxylic acids is 1. The van der Waals surface area contributed by atoms with Gasteiger partial charge in [-0.2, -0.15) is 4.80 Å². The van der Waals surface area contributed by atoms with E-state index in [4.69, 9.17) is 5.11 Å². The highest BCUT2D eigenvalue weighted by atomic mass is 16.4. The van der Waals surface area contributed by atoms with Crippen molar-refractivity contribution in [3.8, 4) is 0 Å². The molecule has 98 valence electrons. The van der Waals surface area contributed by atoms with Crippen LogP contribution in [0.4, 0.5) is 0 Å². The number of hydrogen-bond acceptors (Lipinski definition) is 4. The summed E-state index contributed by atoms with van der Waals surface area (Å²) in [4.78, 5) is 12.1. The van der Waals surface area contributed by atoms with Crippen LogP contribution in [0.5, 0.6) is 0 Å². The molecule has 1 heterocycles. The Bertz CT molecular complexity index is 631. The van der Waals surface area contributed by atoms with E-state index < -0.39 is 5.97 Å². The van der Waals surface area contributed by atoms with Gasteiger partial charge in [-0.25, -0.2) is 4.79 Å². The van der Waals surface area contributed by atoms with Crippen LogP contribution in [0.3, 0.4) is 0 Å². The van der Waals surface area contributed by atoms with E-state index in [9.17, 15) is 4.79 Å². The minimum absolute atomic E-state index is 0.460. The molecule has 2 rings (SSSR count). The number of rotatable bonds is 4. The number of carbonyl (C=O) groups is 1. The fourth-order valence-corrected chi connectivity index (χ4v) is 1.74. The topological polar surface area (TPSA) is 80.9 Å². The molecule has 0 aliphatic carbocycles. The van der Waals surface area contributed by atoms with Crippen LogP contribution in [0, 0.1) is 13.8 Å². The van der Waals surface area contributed by atoms with Gasteiger partial charge >= 0.3 is 5.97 Å². The van der Waals surface area contributed by atoms with E-state index in [-0.39, 0.29) is 0 Å². The first kappa shape index (κ1) is 12.9. The van der Waals surface area contributed by atoms with Crippen molar-refractivity contribution in [2.75, 3.05) is 0 Å². The summed E-state index contributed by atoms with van der Waals surface area (Å²) in [6, 6.07) is 5.80. The van der Waals surface area contributed by atoms with Crippen LogP contribution in [-0.2, 0) is 11.3 Å². The zero-order valence-corrected chi connectivity index (χ0v) is 10.7. The van der Waals surface area contributed by atoms with Crippen molar-refractivity contribution in [1.82, 2.24) is 20.2 Å². The lowest BCUT2D eigenvalue weighted by Gasteiger charge is -2.06. The summed E-state index contributed by atoms with van der Waals surface area (Å²) in [5.41, 5.74) is 2.89. The molecule has 0 bridgehead atoms. The van der Waals surface area contributed by atoms with E-state index in [1.54, 1.807) is 13.0 Å². The minimum Gasteiger partial charge on any atom is -0.478 e. The predicted octanol–water partition coefficient (Wildman–Crippen LogP) is 1.44. The second-order valence-electron chi connectivity index (χ2n) is 4.24. The third-order valence-electron chi connectivity index (χ3n) is 2.57. The van der Waals surface area contributed by atoms with Crippen LogP contribution >= 0.6 is 0 Å². The Morgan fingerprint density at radius 1 is 1.42 bits per heavy atom. The average Bonchev–Trinajstić information content (AvgIpc) is 2.73. The summed E-state index contributed by atoms with van der Waals surface area (Å²) < 4.78 is 0. The van der Waals surface area contributed by atoms with E-state index in [0.717, 1.165) is 22.8 Å². The van der Waals surface area contributed by atoms with Gasteiger partial charge in [0.05, 0.1) is 6.54 Å². The molecule has 0 aliphatic heterocycles. The molecule has 0 fully saturated rings. The number of carboxylic acid groups (broad SMARTS) is 1. The van der Waals surface area contributed by atoms with Gasteiger partial charge in [-0.15, -0.1) is 10.2 Å². The first-order valence-corrected chi connectivity index (χ1v) is 5.79. The Hall–Kier alpha value is -2.50. The fraction of sp³-hybridized carbons (Fsp3) is 0.231. The Labute approximate surface area is 110 Å². The monoisotopic (exact) mass is 258 g/mol. The van der Waals surface area contributed by atoms with E-state index in [1.165, 1.54) is 4.80 Å². The molecule has 0 saturated heterocycles. The summed E-state index contributed by atoms with van der Waals surface area (Å²) in [6.45, 7) is 4.21. The molecule has 0 unspecified atom stereocenters. The summed E-state index contributed by atoms with van der Waals surface area (Å²) in [7, 11) is 0. The molecule has 6 nitrogen and oxygen atoms in total. The van der Waals surface area contributed by atoms with Crippen molar-refractivity contribution < 1.29 is 9.90 Å². The molecular formula is C13H14N4O2. The largest absolute Gasteiger partial charge is 0.478 e. The second kappa shape index (κ2) is 5.43. The van der Waals surface area contributed by atoms with Gasteiger partial charge in [0.25, 0.3) is 0 Å². The maximum atomic E-state index is 10.6. The normalized spacial score (nSPS) is 11.1. The standard InChI is InChI=1S/C13H14N4O2/c1-9-3-4-11(5-6-13(18)19)12(7-9)8-17-15-10(2)14-16-17/h3-7H,8H2,1-2H3,(H,18,19)/b6-5+. The highest BCUT2D eigenvalue weighted by Gasteiger charge is 2.04. The molecule has 0 saturated carbocycles. The van der Waals surface area contributed by atoms with E-state index in [1.807, 2.05) is 25.1 Å². The molecule has 19 heavy (non-hydrogen) atoms. The van der Waals surface area contributed by atoms with Crippen LogP contribution in [0.25, 0.3) is 6.08 Å². The Morgan fingerprint density at radius 3 is 2.84 bits per heavy atom. The average molecular weight is 258 g/mol. The third-order valence-corrected chi connectivity index (χ3v) is 2.57. The molecule has 0 aliphatic rings. The van der Waals surface area contributed by atoms with Crippen molar-refractivity contribution in [3.63, 3.8) is 0 Å². The number of carboxylic acids is 1. The van der Waals surface area contributed by atoms with Crippen molar-refractivity contribution >= 4 is 12.0 Å². The quantitative estimate of drug-likeness (QED) is 0.839. The molecule has 0 radical (unpaired) electrons. The smallest absolute Gasteiger partial charge is 0.328 e. The minimum atomic E-state index is -0.971. The molecule has 6 heteroatoms. The lowest BCUT2D eigenvalue weighted by molar-refractivity contribution is -0.131. The number of benzene rings is 1. The molecule has 0 spiro atoms. The SMILES string of the molecule is Cc1ccc(/C=C/C(=O)O)c(Cn2nnc(C)n2)c1.